The van der Waals surface area contributed by atoms with Crippen LogP contribution in [0.4, 0.5) is 5.82 Å². The van der Waals surface area contributed by atoms with Gasteiger partial charge in [0.15, 0.2) is 0 Å². The molecule has 0 saturated heterocycles. The minimum atomic E-state index is -0.199. The number of amides is 1. The molecule has 2 heterocycles. The Kier molecular flexibility index (Phi) is 6.56. The Hall–Kier alpha value is -2.87. The number of rotatable bonds is 7. The van der Waals surface area contributed by atoms with Crippen molar-refractivity contribution in [2.45, 2.75) is 19.4 Å². The number of aryl methyl sites for hydroxylation is 1. The van der Waals surface area contributed by atoms with Crippen LogP contribution in [0, 0.1) is 0 Å². The molecule has 0 aliphatic rings. The van der Waals surface area contributed by atoms with E-state index in [9.17, 15) is 4.79 Å². The van der Waals surface area contributed by atoms with Crippen LogP contribution < -0.4 is 5.32 Å². The molecule has 4 rings (SSSR count). The fourth-order valence-corrected chi connectivity index (χ4v) is 3.47. The van der Waals surface area contributed by atoms with Gasteiger partial charge in [0.2, 0.25) is 17.6 Å². The van der Waals surface area contributed by atoms with Gasteiger partial charge in [-0.2, -0.15) is 10.1 Å². The van der Waals surface area contributed by atoms with Gasteiger partial charge in [-0.05, 0) is 42.0 Å². The number of benzene rings is 2. The van der Waals surface area contributed by atoms with Crippen LogP contribution in [0.5, 0.6) is 0 Å². The van der Waals surface area contributed by atoms with Crippen LogP contribution in [-0.2, 0) is 17.8 Å². The maximum absolute atomic E-state index is 12.4. The largest absolute Gasteiger partial charge is 0.339 e. The van der Waals surface area contributed by atoms with Gasteiger partial charge in [0.05, 0.1) is 12.7 Å². The lowest BCUT2D eigenvalue weighted by Crippen LogP contribution is -2.16. The molecule has 0 unspecified atom stereocenters. The molecule has 0 spiro atoms. The SMILES string of the molecule is O=C(CCc1nc(-c2ccc(Cl)cc2)no1)Nc1ccnn1Cc1ccc(Cl)cc1Cl. The minimum absolute atomic E-state index is 0.176. The van der Waals surface area contributed by atoms with E-state index in [2.05, 4.69) is 20.6 Å². The predicted octanol–water partition coefficient (Wildman–Crippen LogP) is 5.51. The topological polar surface area (TPSA) is 85.8 Å². The highest BCUT2D eigenvalue weighted by atomic mass is 35.5. The number of carbonyl (C=O) groups is 1. The Morgan fingerprint density at radius 3 is 2.58 bits per heavy atom. The molecule has 0 bridgehead atoms. The summed E-state index contributed by atoms with van der Waals surface area (Å²) in [5, 5.41) is 12.8. The monoisotopic (exact) mass is 475 g/mol. The molecular formula is C21H16Cl3N5O2. The molecule has 1 N–H and O–H groups in total. The smallest absolute Gasteiger partial charge is 0.227 e. The second-order valence-electron chi connectivity index (χ2n) is 6.68. The first-order valence-corrected chi connectivity index (χ1v) is 10.5. The lowest BCUT2D eigenvalue weighted by Gasteiger charge is -2.10. The van der Waals surface area contributed by atoms with Crippen molar-refractivity contribution >= 4 is 46.5 Å². The normalized spacial score (nSPS) is 10.9. The number of anilines is 1. The van der Waals surface area contributed by atoms with Crippen molar-refractivity contribution < 1.29 is 9.32 Å². The molecule has 0 atom stereocenters. The average Bonchev–Trinajstić information content (AvgIpc) is 3.39. The zero-order valence-corrected chi connectivity index (χ0v) is 18.3. The van der Waals surface area contributed by atoms with Gasteiger partial charge < -0.3 is 9.84 Å². The van der Waals surface area contributed by atoms with Gasteiger partial charge in [-0.15, -0.1) is 0 Å². The van der Waals surface area contributed by atoms with Crippen molar-refractivity contribution in [1.29, 1.82) is 0 Å². The Morgan fingerprint density at radius 1 is 1.03 bits per heavy atom. The van der Waals surface area contributed by atoms with Gasteiger partial charge in [0.25, 0.3) is 0 Å². The quantitative estimate of drug-likeness (QED) is 0.380. The fraction of sp³-hybridized carbons (Fsp3) is 0.143. The van der Waals surface area contributed by atoms with Crippen LogP contribution in [0.2, 0.25) is 15.1 Å². The Bertz CT molecular complexity index is 1200. The van der Waals surface area contributed by atoms with Crippen molar-refractivity contribution in [2.75, 3.05) is 5.32 Å². The number of hydrogen-bond acceptors (Lipinski definition) is 5. The first kappa shape index (κ1) is 21.4. The molecule has 0 fully saturated rings. The average molecular weight is 477 g/mol. The first-order chi connectivity index (χ1) is 15.0. The van der Waals surface area contributed by atoms with Crippen LogP contribution in [0.25, 0.3) is 11.4 Å². The zero-order chi connectivity index (χ0) is 21.8. The van der Waals surface area contributed by atoms with Crippen LogP contribution in [-0.4, -0.2) is 25.8 Å². The van der Waals surface area contributed by atoms with Crippen molar-refractivity contribution in [3.63, 3.8) is 0 Å². The summed E-state index contributed by atoms with van der Waals surface area (Å²) in [7, 11) is 0. The molecule has 0 saturated carbocycles. The number of aromatic nitrogens is 4. The maximum atomic E-state index is 12.4. The molecule has 1 amide bonds. The number of nitrogens with zero attached hydrogens (tertiary/aromatic N) is 4. The van der Waals surface area contributed by atoms with Crippen LogP contribution in [0.15, 0.2) is 59.3 Å². The van der Waals surface area contributed by atoms with E-state index in [4.69, 9.17) is 39.3 Å². The second-order valence-corrected chi connectivity index (χ2v) is 7.96. The highest BCUT2D eigenvalue weighted by molar-refractivity contribution is 6.35. The molecule has 2 aromatic heterocycles. The molecule has 0 radical (unpaired) electrons. The lowest BCUT2D eigenvalue weighted by molar-refractivity contribution is -0.116. The van der Waals surface area contributed by atoms with E-state index in [-0.39, 0.29) is 12.3 Å². The van der Waals surface area contributed by atoms with Gasteiger partial charge in [0, 0.05) is 39.5 Å². The van der Waals surface area contributed by atoms with E-state index in [0.717, 1.165) is 11.1 Å². The minimum Gasteiger partial charge on any atom is -0.339 e. The van der Waals surface area contributed by atoms with Gasteiger partial charge >= 0.3 is 0 Å². The summed E-state index contributed by atoms with van der Waals surface area (Å²) in [6, 6.07) is 14.1. The van der Waals surface area contributed by atoms with E-state index in [1.807, 2.05) is 6.07 Å². The lowest BCUT2D eigenvalue weighted by atomic mass is 10.2. The van der Waals surface area contributed by atoms with Gasteiger partial charge in [-0.25, -0.2) is 4.68 Å². The molecule has 0 aliphatic heterocycles. The molecule has 31 heavy (non-hydrogen) atoms. The van der Waals surface area contributed by atoms with Crippen molar-refractivity contribution in [3.05, 3.63) is 81.2 Å². The molecule has 158 valence electrons. The Balaban J connectivity index is 1.35. The third kappa shape index (κ3) is 5.44. The standard InChI is InChI=1S/C21H16Cl3N5O2/c22-15-4-1-13(2-5-15)21-27-20(31-28-21)8-7-19(30)26-18-9-10-25-29(18)12-14-3-6-16(23)11-17(14)24/h1-6,9-11H,7-8,12H2,(H,26,30). The Morgan fingerprint density at radius 2 is 1.81 bits per heavy atom. The number of hydrogen-bond donors (Lipinski definition) is 1. The van der Waals surface area contributed by atoms with Crippen LogP contribution in [0.1, 0.15) is 17.9 Å². The zero-order valence-electron chi connectivity index (χ0n) is 16.1. The van der Waals surface area contributed by atoms with Gasteiger partial charge in [-0.3, -0.25) is 4.79 Å². The summed E-state index contributed by atoms with van der Waals surface area (Å²) in [5.74, 6) is 1.19. The van der Waals surface area contributed by atoms with Crippen molar-refractivity contribution in [3.8, 4) is 11.4 Å². The summed E-state index contributed by atoms with van der Waals surface area (Å²) >= 11 is 18.1. The molecule has 4 aromatic rings. The van der Waals surface area contributed by atoms with E-state index in [0.29, 0.717) is 45.6 Å². The molecular weight excluding hydrogens is 461 g/mol. The molecule has 0 aliphatic carbocycles. The summed E-state index contributed by atoms with van der Waals surface area (Å²) in [6.07, 6.45) is 2.09. The predicted molar refractivity (Wildman–Crippen MR) is 119 cm³/mol. The van der Waals surface area contributed by atoms with E-state index < -0.39 is 0 Å². The molecule has 2 aromatic carbocycles. The van der Waals surface area contributed by atoms with E-state index in [1.165, 1.54) is 0 Å². The van der Waals surface area contributed by atoms with Crippen molar-refractivity contribution in [1.82, 2.24) is 19.9 Å². The first-order valence-electron chi connectivity index (χ1n) is 9.32. The van der Waals surface area contributed by atoms with Gasteiger partial charge in [0.1, 0.15) is 5.82 Å². The van der Waals surface area contributed by atoms with E-state index in [1.54, 1.807) is 53.3 Å². The third-order valence-electron chi connectivity index (χ3n) is 4.46. The molecule has 10 heteroatoms. The number of halogens is 3. The fourth-order valence-electron chi connectivity index (χ4n) is 2.87. The highest BCUT2D eigenvalue weighted by Crippen LogP contribution is 2.23. The Labute approximate surface area is 192 Å². The van der Waals surface area contributed by atoms with Gasteiger partial charge in [-0.1, -0.05) is 46.0 Å². The van der Waals surface area contributed by atoms with Crippen LogP contribution >= 0.6 is 34.8 Å². The number of carbonyl (C=O) groups excluding carboxylic acids is 1. The summed E-state index contributed by atoms with van der Waals surface area (Å²) in [6.45, 7) is 0.396. The summed E-state index contributed by atoms with van der Waals surface area (Å²) in [5.41, 5.74) is 1.62. The third-order valence-corrected chi connectivity index (χ3v) is 5.29. The number of nitrogens with one attached hydrogen (secondary N) is 1. The van der Waals surface area contributed by atoms with Crippen LogP contribution in [0.3, 0.4) is 0 Å². The van der Waals surface area contributed by atoms with E-state index >= 15 is 0 Å². The maximum Gasteiger partial charge on any atom is 0.227 e. The van der Waals surface area contributed by atoms with Crippen molar-refractivity contribution in [2.24, 2.45) is 0 Å². The summed E-state index contributed by atoms with van der Waals surface area (Å²) in [4.78, 5) is 16.7. The second kappa shape index (κ2) is 9.51. The molecule has 7 nitrogen and oxygen atoms in total. The summed E-state index contributed by atoms with van der Waals surface area (Å²) < 4.78 is 6.89. The highest BCUT2D eigenvalue weighted by Gasteiger charge is 2.13.